The van der Waals surface area contributed by atoms with E-state index in [4.69, 9.17) is 0 Å². The summed E-state index contributed by atoms with van der Waals surface area (Å²) in [5.74, 6) is 0. The fourth-order valence-electron chi connectivity index (χ4n) is 1.53. The van der Waals surface area contributed by atoms with Crippen LogP contribution < -0.4 is 0 Å². The molecular weight excluding hydrogens is 200 g/mol. The van der Waals surface area contributed by atoms with Crippen LogP contribution in [0.1, 0.15) is 11.1 Å². The lowest BCUT2D eigenvalue weighted by atomic mass is 10.1. The second-order valence-electron chi connectivity index (χ2n) is 3.37. The van der Waals surface area contributed by atoms with Gasteiger partial charge >= 0.3 is 0 Å². The first-order chi connectivity index (χ1) is 7.90. The van der Waals surface area contributed by atoms with E-state index in [1.165, 1.54) is 5.56 Å². The lowest BCUT2D eigenvalue weighted by Gasteiger charge is -2.03. The normalized spacial score (nSPS) is 9.50. The lowest BCUT2D eigenvalue weighted by Crippen LogP contribution is -1.89. The van der Waals surface area contributed by atoms with Gasteiger partial charge in [0, 0.05) is 6.20 Å². The Morgan fingerprint density at radius 2 is 2.00 bits per heavy atom. The molecule has 16 heavy (non-hydrogen) atoms. The van der Waals surface area contributed by atoms with Gasteiger partial charge in [0.05, 0.1) is 11.9 Å². The van der Waals surface area contributed by atoms with Crippen molar-refractivity contribution in [2.75, 3.05) is 0 Å². The van der Waals surface area contributed by atoms with Crippen molar-refractivity contribution in [2.24, 2.45) is 4.99 Å². The molecule has 0 radical (unpaired) electrons. The predicted octanol–water partition coefficient (Wildman–Crippen LogP) is 2.64. The first-order valence-corrected chi connectivity index (χ1v) is 4.95. The molecule has 0 spiro atoms. The van der Waals surface area contributed by atoms with Crippen LogP contribution in [0, 0.1) is 0 Å². The van der Waals surface area contributed by atoms with Crippen molar-refractivity contribution in [3.63, 3.8) is 0 Å². The summed E-state index contributed by atoms with van der Waals surface area (Å²) in [6, 6.07) is 11.9. The highest BCUT2D eigenvalue weighted by Crippen LogP contribution is 2.19. The van der Waals surface area contributed by atoms with Crippen LogP contribution in [-0.4, -0.2) is 11.1 Å². The van der Waals surface area contributed by atoms with Crippen LogP contribution in [0.3, 0.4) is 0 Å². The average molecular weight is 210 g/mol. The number of aromatic nitrogens is 1. The van der Waals surface area contributed by atoms with Crippen molar-refractivity contribution >= 4 is 11.8 Å². The van der Waals surface area contributed by atoms with Gasteiger partial charge in [0.25, 0.3) is 0 Å². The Labute approximate surface area is 93.5 Å². The maximum absolute atomic E-state index is 10.3. The molecule has 78 valence electrons. The van der Waals surface area contributed by atoms with Crippen LogP contribution >= 0.6 is 0 Å². The van der Waals surface area contributed by atoms with Crippen molar-refractivity contribution in [2.45, 2.75) is 6.42 Å². The van der Waals surface area contributed by atoms with E-state index < -0.39 is 0 Å². The molecule has 3 heteroatoms. The van der Waals surface area contributed by atoms with E-state index in [0.29, 0.717) is 5.69 Å². The number of isocyanates is 1. The number of carbonyl (C=O) groups excluding carboxylic acids is 1. The van der Waals surface area contributed by atoms with Crippen LogP contribution in [0.15, 0.2) is 53.8 Å². The molecule has 1 aromatic carbocycles. The quantitative estimate of drug-likeness (QED) is 0.577. The van der Waals surface area contributed by atoms with Gasteiger partial charge in [0.2, 0.25) is 6.08 Å². The van der Waals surface area contributed by atoms with Crippen molar-refractivity contribution < 1.29 is 4.79 Å². The third kappa shape index (κ3) is 2.41. The van der Waals surface area contributed by atoms with Crippen LogP contribution in [0.2, 0.25) is 0 Å². The molecule has 0 aliphatic carbocycles. The monoisotopic (exact) mass is 210 g/mol. The van der Waals surface area contributed by atoms with Gasteiger partial charge in [-0.25, -0.2) is 4.79 Å². The summed E-state index contributed by atoms with van der Waals surface area (Å²) in [4.78, 5) is 17.8. The minimum atomic E-state index is 0.585. The first kappa shape index (κ1) is 10.3. The third-order valence-electron chi connectivity index (χ3n) is 2.29. The zero-order chi connectivity index (χ0) is 11.2. The molecule has 2 rings (SSSR count). The van der Waals surface area contributed by atoms with E-state index in [9.17, 15) is 4.79 Å². The Kier molecular flexibility index (Phi) is 3.22. The second-order valence-corrected chi connectivity index (χ2v) is 3.37. The van der Waals surface area contributed by atoms with Gasteiger partial charge in [-0.1, -0.05) is 30.3 Å². The summed E-state index contributed by atoms with van der Waals surface area (Å²) < 4.78 is 0. The SMILES string of the molecule is O=C=Nc1cnccc1Cc1ccccc1. The molecule has 0 amide bonds. The van der Waals surface area contributed by atoms with Gasteiger partial charge in [0.1, 0.15) is 0 Å². The molecule has 0 aliphatic rings. The van der Waals surface area contributed by atoms with Gasteiger partial charge in [-0.05, 0) is 23.6 Å². The maximum atomic E-state index is 10.3. The Morgan fingerprint density at radius 3 is 2.75 bits per heavy atom. The molecule has 0 atom stereocenters. The zero-order valence-corrected chi connectivity index (χ0v) is 8.63. The molecule has 0 saturated carbocycles. The molecular formula is C13H10N2O. The molecule has 1 aromatic heterocycles. The number of hydrogen-bond donors (Lipinski definition) is 0. The highest BCUT2D eigenvalue weighted by atomic mass is 16.1. The van der Waals surface area contributed by atoms with E-state index in [2.05, 4.69) is 9.98 Å². The summed E-state index contributed by atoms with van der Waals surface area (Å²) in [6.07, 6.45) is 5.55. The standard InChI is InChI=1S/C13H10N2O/c16-10-15-13-9-14-7-6-12(13)8-11-4-2-1-3-5-11/h1-7,9H,8H2. The third-order valence-corrected chi connectivity index (χ3v) is 2.29. The number of hydrogen-bond acceptors (Lipinski definition) is 3. The molecule has 0 bridgehead atoms. The van der Waals surface area contributed by atoms with Crippen LogP contribution in [0.25, 0.3) is 0 Å². The van der Waals surface area contributed by atoms with E-state index in [1.54, 1.807) is 18.5 Å². The number of nitrogens with zero attached hydrogens (tertiary/aromatic N) is 2. The van der Waals surface area contributed by atoms with E-state index in [0.717, 1.165) is 12.0 Å². The number of rotatable bonds is 3. The van der Waals surface area contributed by atoms with Crippen molar-refractivity contribution in [1.82, 2.24) is 4.98 Å². The summed E-state index contributed by atoms with van der Waals surface area (Å²) in [5.41, 5.74) is 2.74. The first-order valence-electron chi connectivity index (χ1n) is 4.95. The Hall–Kier alpha value is -2.25. The maximum Gasteiger partial charge on any atom is 0.240 e. The molecule has 0 N–H and O–H groups in total. The molecule has 0 saturated heterocycles. The van der Waals surface area contributed by atoms with E-state index in [-0.39, 0.29) is 0 Å². The summed E-state index contributed by atoms with van der Waals surface area (Å²) in [7, 11) is 0. The fourth-order valence-corrected chi connectivity index (χ4v) is 1.53. The summed E-state index contributed by atoms with van der Waals surface area (Å²) >= 11 is 0. The van der Waals surface area contributed by atoms with Crippen LogP contribution in [0.5, 0.6) is 0 Å². The largest absolute Gasteiger partial charge is 0.262 e. The zero-order valence-electron chi connectivity index (χ0n) is 8.63. The molecule has 1 heterocycles. The van der Waals surface area contributed by atoms with Crippen LogP contribution in [-0.2, 0) is 11.2 Å². The highest BCUT2D eigenvalue weighted by molar-refractivity contribution is 5.53. The minimum Gasteiger partial charge on any atom is -0.262 e. The molecule has 0 fully saturated rings. The molecule has 2 aromatic rings. The van der Waals surface area contributed by atoms with Crippen molar-refractivity contribution in [3.05, 3.63) is 59.9 Å². The molecule has 0 aliphatic heterocycles. The summed E-state index contributed by atoms with van der Waals surface area (Å²) in [6.45, 7) is 0. The summed E-state index contributed by atoms with van der Waals surface area (Å²) in [5, 5.41) is 0. The van der Waals surface area contributed by atoms with Gasteiger partial charge in [-0.2, -0.15) is 4.99 Å². The van der Waals surface area contributed by atoms with Gasteiger partial charge in [0.15, 0.2) is 0 Å². The van der Waals surface area contributed by atoms with Crippen molar-refractivity contribution in [3.8, 4) is 0 Å². The fraction of sp³-hybridized carbons (Fsp3) is 0.0769. The predicted molar refractivity (Wildman–Crippen MR) is 61.3 cm³/mol. The second kappa shape index (κ2) is 5.01. The van der Waals surface area contributed by atoms with Crippen molar-refractivity contribution in [1.29, 1.82) is 0 Å². The van der Waals surface area contributed by atoms with Gasteiger partial charge in [-0.15, -0.1) is 0 Å². The number of pyridine rings is 1. The van der Waals surface area contributed by atoms with Gasteiger partial charge in [-0.3, -0.25) is 4.98 Å². The Morgan fingerprint density at radius 1 is 1.19 bits per heavy atom. The Balaban J connectivity index is 2.31. The minimum absolute atomic E-state index is 0.585. The average Bonchev–Trinajstić information content (AvgIpc) is 2.33. The topological polar surface area (TPSA) is 42.3 Å². The number of aliphatic imine (C=N–C) groups is 1. The molecule has 0 unspecified atom stereocenters. The highest BCUT2D eigenvalue weighted by Gasteiger charge is 2.01. The molecule has 3 nitrogen and oxygen atoms in total. The smallest absolute Gasteiger partial charge is 0.240 e. The van der Waals surface area contributed by atoms with Gasteiger partial charge < -0.3 is 0 Å². The number of benzene rings is 1. The van der Waals surface area contributed by atoms with Crippen LogP contribution in [0.4, 0.5) is 5.69 Å². The Bertz CT molecular complexity index is 516. The lowest BCUT2D eigenvalue weighted by molar-refractivity contribution is 0.565. The van der Waals surface area contributed by atoms with E-state index >= 15 is 0 Å². The van der Waals surface area contributed by atoms with E-state index in [1.807, 2.05) is 36.4 Å².